The Labute approximate surface area is 108 Å². The van der Waals surface area contributed by atoms with Crippen molar-refractivity contribution < 1.29 is 0 Å². The number of nitrogens with two attached hydrogens (primary N) is 1. The standard InChI is InChI=1S/C15H21N3/c1-10-3-5-13(7-11(10)2)18-9-17-14-8-12(16)4-6-15(14)18/h4,6,8-11,13H,3,5,7,16H2,1-2H3. The monoisotopic (exact) mass is 243 g/mol. The van der Waals surface area contributed by atoms with E-state index >= 15 is 0 Å². The number of anilines is 1. The second kappa shape index (κ2) is 4.30. The molecule has 0 aliphatic heterocycles. The van der Waals surface area contributed by atoms with E-state index in [1.165, 1.54) is 24.8 Å². The number of benzene rings is 1. The molecule has 96 valence electrons. The molecule has 1 heterocycles. The van der Waals surface area contributed by atoms with Gasteiger partial charge in [0.1, 0.15) is 0 Å². The minimum atomic E-state index is 0.602. The van der Waals surface area contributed by atoms with Gasteiger partial charge in [-0.25, -0.2) is 4.98 Å². The van der Waals surface area contributed by atoms with Gasteiger partial charge in [0.15, 0.2) is 0 Å². The Morgan fingerprint density at radius 3 is 2.83 bits per heavy atom. The van der Waals surface area contributed by atoms with Crippen LogP contribution in [0, 0.1) is 11.8 Å². The molecule has 1 aliphatic rings. The molecule has 3 atom stereocenters. The fourth-order valence-electron chi connectivity index (χ4n) is 3.11. The lowest BCUT2D eigenvalue weighted by Gasteiger charge is -2.33. The van der Waals surface area contributed by atoms with Crippen LogP contribution in [0.3, 0.4) is 0 Å². The van der Waals surface area contributed by atoms with Crippen LogP contribution in [0.4, 0.5) is 5.69 Å². The molecule has 3 heteroatoms. The highest BCUT2D eigenvalue weighted by Gasteiger charge is 2.26. The van der Waals surface area contributed by atoms with Crippen LogP contribution >= 0.6 is 0 Å². The molecule has 2 N–H and O–H groups in total. The summed E-state index contributed by atoms with van der Waals surface area (Å²) in [7, 11) is 0. The average Bonchev–Trinajstić information content (AvgIpc) is 2.75. The molecule has 3 nitrogen and oxygen atoms in total. The fraction of sp³-hybridized carbons (Fsp3) is 0.533. The zero-order chi connectivity index (χ0) is 12.7. The number of aromatic nitrogens is 2. The van der Waals surface area contributed by atoms with Gasteiger partial charge in [-0.3, -0.25) is 0 Å². The number of fused-ring (bicyclic) bond motifs is 1. The Bertz CT molecular complexity index is 558. The molecule has 18 heavy (non-hydrogen) atoms. The lowest BCUT2D eigenvalue weighted by molar-refractivity contribution is 0.213. The maximum Gasteiger partial charge on any atom is 0.0960 e. The Morgan fingerprint density at radius 2 is 2.06 bits per heavy atom. The minimum Gasteiger partial charge on any atom is -0.399 e. The molecular formula is C15H21N3. The Balaban J connectivity index is 1.95. The zero-order valence-corrected chi connectivity index (χ0v) is 11.1. The summed E-state index contributed by atoms with van der Waals surface area (Å²) >= 11 is 0. The quantitative estimate of drug-likeness (QED) is 0.777. The summed E-state index contributed by atoms with van der Waals surface area (Å²) in [6, 6.07) is 6.63. The third-order valence-electron chi connectivity index (χ3n) is 4.56. The van der Waals surface area contributed by atoms with Crippen molar-refractivity contribution in [2.24, 2.45) is 11.8 Å². The van der Waals surface area contributed by atoms with Gasteiger partial charge in [0.2, 0.25) is 0 Å². The molecule has 0 radical (unpaired) electrons. The van der Waals surface area contributed by atoms with Crippen LogP contribution < -0.4 is 5.73 Å². The van der Waals surface area contributed by atoms with Gasteiger partial charge in [0.05, 0.1) is 17.4 Å². The Morgan fingerprint density at radius 1 is 1.22 bits per heavy atom. The van der Waals surface area contributed by atoms with E-state index in [-0.39, 0.29) is 0 Å². The Kier molecular flexibility index (Phi) is 2.77. The van der Waals surface area contributed by atoms with Crippen LogP contribution in [-0.2, 0) is 0 Å². The summed E-state index contributed by atoms with van der Waals surface area (Å²) < 4.78 is 2.34. The topological polar surface area (TPSA) is 43.8 Å². The second-order valence-corrected chi connectivity index (χ2v) is 5.82. The average molecular weight is 243 g/mol. The molecule has 2 aromatic rings. The molecule has 1 saturated carbocycles. The van der Waals surface area contributed by atoms with Gasteiger partial charge >= 0.3 is 0 Å². The molecule has 1 fully saturated rings. The second-order valence-electron chi connectivity index (χ2n) is 5.82. The van der Waals surface area contributed by atoms with Gasteiger partial charge in [0, 0.05) is 11.7 Å². The number of nitrogen functional groups attached to an aromatic ring is 1. The molecular weight excluding hydrogens is 222 g/mol. The summed E-state index contributed by atoms with van der Waals surface area (Å²) in [5.41, 5.74) is 8.83. The Hall–Kier alpha value is -1.51. The first-order valence-corrected chi connectivity index (χ1v) is 6.87. The van der Waals surface area contributed by atoms with Crippen molar-refractivity contribution in [3.05, 3.63) is 24.5 Å². The molecule has 3 rings (SSSR count). The van der Waals surface area contributed by atoms with E-state index in [0.717, 1.165) is 23.0 Å². The molecule has 0 saturated heterocycles. The van der Waals surface area contributed by atoms with Crippen molar-refractivity contribution in [2.75, 3.05) is 5.73 Å². The predicted molar refractivity (Wildman–Crippen MR) is 75.4 cm³/mol. The third-order valence-corrected chi connectivity index (χ3v) is 4.56. The first-order valence-electron chi connectivity index (χ1n) is 6.87. The van der Waals surface area contributed by atoms with Gasteiger partial charge in [-0.05, 0) is 49.3 Å². The van der Waals surface area contributed by atoms with Crippen molar-refractivity contribution in [1.29, 1.82) is 0 Å². The van der Waals surface area contributed by atoms with E-state index in [2.05, 4.69) is 29.5 Å². The summed E-state index contributed by atoms with van der Waals surface area (Å²) in [6.45, 7) is 4.74. The van der Waals surface area contributed by atoms with Crippen molar-refractivity contribution in [1.82, 2.24) is 9.55 Å². The van der Waals surface area contributed by atoms with Gasteiger partial charge in [-0.1, -0.05) is 13.8 Å². The molecule has 1 aromatic heterocycles. The molecule has 3 unspecified atom stereocenters. The molecule has 0 spiro atoms. The smallest absolute Gasteiger partial charge is 0.0960 e. The number of nitrogens with zero attached hydrogens (tertiary/aromatic N) is 2. The summed E-state index contributed by atoms with van der Waals surface area (Å²) in [5, 5.41) is 0. The van der Waals surface area contributed by atoms with Crippen LogP contribution in [0.15, 0.2) is 24.5 Å². The first kappa shape index (κ1) is 11.6. The minimum absolute atomic E-state index is 0.602. The van der Waals surface area contributed by atoms with E-state index in [1.54, 1.807) is 0 Å². The van der Waals surface area contributed by atoms with Gasteiger partial charge in [0.25, 0.3) is 0 Å². The highest BCUT2D eigenvalue weighted by molar-refractivity contribution is 5.79. The van der Waals surface area contributed by atoms with E-state index in [1.807, 2.05) is 18.5 Å². The summed E-state index contributed by atoms with van der Waals surface area (Å²) in [5.74, 6) is 1.65. The highest BCUT2D eigenvalue weighted by atomic mass is 15.1. The van der Waals surface area contributed by atoms with Crippen molar-refractivity contribution in [2.45, 2.75) is 39.2 Å². The molecule has 1 aromatic carbocycles. The van der Waals surface area contributed by atoms with Crippen LogP contribution in [-0.4, -0.2) is 9.55 Å². The third kappa shape index (κ3) is 1.88. The number of hydrogen-bond donors (Lipinski definition) is 1. The predicted octanol–water partition coefficient (Wildman–Crippen LogP) is 3.62. The maximum absolute atomic E-state index is 5.80. The van der Waals surface area contributed by atoms with Crippen LogP contribution in [0.25, 0.3) is 11.0 Å². The van der Waals surface area contributed by atoms with Gasteiger partial charge in [-0.15, -0.1) is 0 Å². The van der Waals surface area contributed by atoms with E-state index < -0.39 is 0 Å². The van der Waals surface area contributed by atoms with Gasteiger partial charge in [-0.2, -0.15) is 0 Å². The number of rotatable bonds is 1. The lowest BCUT2D eigenvalue weighted by Crippen LogP contribution is -2.22. The van der Waals surface area contributed by atoms with E-state index in [4.69, 9.17) is 5.73 Å². The zero-order valence-electron chi connectivity index (χ0n) is 11.1. The van der Waals surface area contributed by atoms with E-state index in [0.29, 0.717) is 6.04 Å². The molecule has 0 amide bonds. The normalized spacial score (nSPS) is 28.7. The number of hydrogen-bond acceptors (Lipinski definition) is 2. The largest absolute Gasteiger partial charge is 0.399 e. The van der Waals surface area contributed by atoms with Crippen molar-refractivity contribution in [3.63, 3.8) is 0 Å². The molecule has 1 aliphatic carbocycles. The SMILES string of the molecule is CC1CCC(n2cnc3cc(N)ccc32)CC1C. The lowest BCUT2D eigenvalue weighted by atomic mass is 9.79. The maximum atomic E-state index is 5.80. The van der Waals surface area contributed by atoms with Crippen LogP contribution in [0.5, 0.6) is 0 Å². The van der Waals surface area contributed by atoms with Crippen LogP contribution in [0.2, 0.25) is 0 Å². The number of imidazole rings is 1. The summed E-state index contributed by atoms with van der Waals surface area (Å²) in [4.78, 5) is 4.48. The van der Waals surface area contributed by atoms with Crippen molar-refractivity contribution >= 4 is 16.7 Å². The van der Waals surface area contributed by atoms with E-state index in [9.17, 15) is 0 Å². The fourth-order valence-corrected chi connectivity index (χ4v) is 3.11. The van der Waals surface area contributed by atoms with Gasteiger partial charge < -0.3 is 10.3 Å². The first-order chi connectivity index (χ1) is 8.65. The van der Waals surface area contributed by atoms with Crippen LogP contribution in [0.1, 0.15) is 39.2 Å². The molecule has 0 bridgehead atoms. The summed E-state index contributed by atoms with van der Waals surface area (Å²) in [6.07, 6.45) is 5.83. The van der Waals surface area contributed by atoms with Crippen molar-refractivity contribution in [3.8, 4) is 0 Å². The highest BCUT2D eigenvalue weighted by Crippen LogP contribution is 2.37.